The lowest BCUT2D eigenvalue weighted by Gasteiger charge is -2.28. The molecular formula is C17H27ClN2O3. The fourth-order valence-electron chi connectivity index (χ4n) is 2.72. The number of amides is 1. The average molecular weight is 343 g/mol. The second-order valence-electron chi connectivity index (χ2n) is 5.71. The number of benzene rings is 1. The first kappa shape index (κ1) is 19.7. The summed E-state index contributed by atoms with van der Waals surface area (Å²) in [5.41, 5.74) is 7.12. The van der Waals surface area contributed by atoms with Gasteiger partial charge in [0, 0.05) is 13.2 Å². The first-order chi connectivity index (χ1) is 10.6. The fourth-order valence-corrected chi connectivity index (χ4v) is 2.72. The van der Waals surface area contributed by atoms with Gasteiger partial charge in [-0.3, -0.25) is 4.79 Å². The number of hydrogen-bond acceptors (Lipinski definition) is 4. The van der Waals surface area contributed by atoms with Crippen LogP contribution in [-0.2, 0) is 9.53 Å². The molecule has 1 heterocycles. The zero-order valence-electron chi connectivity index (χ0n) is 13.8. The summed E-state index contributed by atoms with van der Waals surface area (Å²) in [6.07, 6.45) is 1.70. The van der Waals surface area contributed by atoms with Crippen molar-refractivity contribution in [3.63, 3.8) is 0 Å². The lowest BCUT2D eigenvalue weighted by molar-refractivity contribution is -0.125. The number of carbonyl (C=O) groups is 1. The zero-order chi connectivity index (χ0) is 15.9. The Morgan fingerprint density at radius 2 is 2.13 bits per heavy atom. The van der Waals surface area contributed by atoms with Crippen molar-refractivity contribution in [3.05, 3.63) is 29.8 Å². The van der Waals surface area contributed by atoms with Crippen LogP contribution in [0.5, 0.6) is 5.75 Å². The molecule has 6 heteroatoms. The third-order valence-corrected chi connectivity index (χ3v) is 4.10. The van der Waals surface area contributed by atoms with Crippen LogP contribution in [0.3, 0.4) is 0 Å². The van der Waals surface area contributed by atoms with Gasteiger partial charge in [-0.05, 0) is 50.3 Å². The van der Waals surface area contributed by atoms with Crippen molar-refractivity contribution in [3.8, 4) is 5.75 Å². The van der Waals surface area contributed by atoms with Crippen LogP contribution in [0, 0.1) is 5.92 Å². The second kappa shape index (κ2) is 9.75. The van der Waals surface area contributed by atoms with E-state index in [0.29, 0.717) is 19.8 Å². The van der Waals surface area contributed by atoms with E-state index < -0.39 is 6.04 Å². The van der Waals surface area contributed by atoms with Crippen molar-refractivity contribution >= 4 is 18.3 Å². The van der Waals surface area contributed by atoms with Gasteiger partial charge in [0.15, 0.2) is 0 Å². The maximum Gasteiger partial charge on any atom is 0.237 e. The van der Waals surface area contributed by atoms with Gasteiger partial charge in [-0.25, -0.2) is 0 Å². The van der Waals surface area contributed by atoms with E-state index in [-0.39, 0.29) is 30.3 Å². The fraction of sp³-hybridized carbons (Fsp3) is 0.588. The molecule has 1 amide bonds. The Morgan fingerprint density at radius 3 is 2.78 bits per heavy atom. The molecule has 3 N–H and O–H groups in total. The van der Waals surface area contributed by atoms with Crippen molar-refractivity contribution in [2.45, 2.75) is 38.8 Å². The summed E-state index contributed by atoms with van der Waals surface area (Å²) >= 11 is 0. The minimum atomic E-state index is -0.471. The first-order valence-corrected chi connectivity index (χ1v) is 7.98. The summed E-state index contributed by atoms with van der Waals surface area (Å²) in [6, 6.07) is 7.21. The molecule has 130 valence electrons. The topological polar surface area (TPSA) is 73.6 Å². The minimum Gasteiger partial charge on any atom is -0.494 e. The van der Waals surface area contributed by atoms with E-state index in [1.165, 1.54) is 0 Å². The average Bonchev–Trinajstić information content (AvgIpc) is 2.55. The Labute approximate surface area is 144 Å². The highest BCUT2D eigenvalue weighted by atomic mass is 35.5. The van der Waals surface area contributed by atoms with E-state index in [1.807, 2.05) is 38.1 Å². The summed E-state index contributed by atoms with van der Waals surface area (Å²) in [5, 5.41) is 3.00. The molecule has 2 atom stereocenters. The van der Waals surface area contributed by atoms with Crippen LogP contribution in [-0.4, -0.2) is 31.8 Å². The second-order valence-corrected chi connectivity index (χ2v) is 5.71. The van der Waals surface area contributed by atoms with E-state index in [2.05, 4.69) is 5.32 Å². The molecule has 0 aromatic heterocycles. The molecule has 1 fully saturated rings. The highest BCUT2D eigenvalue weighted by Gasteiger charge is 2.27. The number of rotatable bonds is 6. The maximum atomic E-state index is 12.3. The predicted molar refractivity (Wildman–Crippen MR) is 92.9 cm³/mol. The summed E-state index contributed by atoms with van der Waals surface area (Å²) in [5.74, 6) is 0.923. The molecule has 1 aliphatic heterocycles. The maximum absolute atomic E-state index is 12.3. The van der Waals surface area contributed by atoms with E-state index in [1.54, 1.807) is 0 Å². The molecule has 2 unspecified atom stereocenters. The summed E-state index contributed by atoms with van der Waals surface area (Å²) in [4.78, 5) is 12.3. The summed E-state index contributed by atoms with van der Waals surface area (Å²) < 4.78 is 10.8. The molecule has 1 saturated heterocycles. The van der Waals surface area contributed by atoms with Gasteiger partial charge in [0.25, 0.3) is 0 Å². The van der Waals surface area contributed by atoms with Crippen molar-refractivity contribution in [1.82, 2.24) is 5.32 Å². The van der Waals surface area contributed by atoms with Gasteiger partial charge in [-0.1, -0.05) is 12.1 Å². The van der Waals surface area contributed by atoms with Crippen LogP contribution in [0.4, 0.5) is 0 Å². The standard InChI is InChI=1S/C17H26N2O3.ClH/c1-3-22-15-6-4-5-14(11-15)12(2)19-17(20)16(18)13-7-9-21-10-8-13;/h4-6,11-13,16H,3,7-10,18H2,1-2H3,(H,19,20);1H. The van der Waals surface area contributed by atoms with Crippen molar-refractivity contribution in [2.24, 2.45) is 11.7 Å². The van der Waals surface area contributed by atoms with Gasteiger partial charge >= 0.3 is 0 Å². The van der Waals surface area contributed by atoms with E-state index >= 15 is 0 Å². The molecule has 5 nitrogen and oxygen atoms in total. The largest absolute Gasteiger partial charge is 0.494 e. The number of carbonyl (C=O) groups excluding carboxylic acids is 1. The first-order valence-electron chi connectivity index (χ1n) is 7.98. The predicted octanol–water partition coefficient (Wildman–Crippen LogP) is 2.44. The third kappa shape index (κ3) is 5.68. The molecule has 1 aromatic rings. The van der Waals surface area contributed by atoms with Gasteiger partial charge in [0.2, 0.25) is 5.91 Å². The smallest absolute Gasteiger partial charge is 0.237 e. The van der Waals surface area contributed by atoms with E-state index in [9.17, 15) is 4.79 Å². The van der Waals surface area contributed by atoms with Gasteiger partial charge in [0.1, 0.15) is 5.75 Å². The minimum absolute atomic E-state index is 0. The Kier molecular flexibility index (Phi) is 8.37. The van der Waals surface area contributed by atoms with Crippen molar-refractivity contribution in [2.75, 3.05) is 19.8 Å². The molecule has 0 saturated carbocycles. The molecule has 1 aromatic carbocycles. The van der Waals surface area contributed by atoms with Gasteiger partial charge in [0.05, 0.1) is 18.7 Å². The lowest BCUT2D eigenvalue weighted by Crippen LogP contribution is -2.47. The highest BCUT2D eigenvalue weighted by Crippen LogP contribution is 2.21. The lowest BCUT2D eigenvalue weighted by atomic mass is 9.91. The molecule has 2 rings (SSSR count). The Bertz CT molecular complexity index is 492. The molecule has 0 bridgehead atoms. The van der Waals surface area contributed by atoms with Crippen LogP contribution in [0.15, 0.2) is 24.3 Å². The van der Waals surface area contributed by atoms with Crippen LogP contribution < -0.4 is 15.8 Å². The van der Waals surface area contributed by atoms with E-state index in [0.717, 1.165) is 24.2 Å². The normalized spacial score (nSPS) is 17.7. The van der Waals surface area contributed by atoms with Crippen molar-refractivity contribution in [1.29, 1.82) is 0 Å². The Hall–Kier alpha value is -1.30. The number of nitrogens with two attached hydrogens (primary N) is 1. The van der Waals surface area contributed by atoms with Crippen LogP contribution in [0.25, 0.3) is 0 Å². The van der Waals surface area contributed by atoms with Crippen molar-refractivity contribution < 1.29 is 14.3 Å². The summed E-state index contributed by atoms with van der Waals surface area (Å²) in [7, 11) is 0. The SMILES string of the molecule is CCOc1cccc(C(C)NC(=O)C(N)C2CCOCC2)c1.Cl. The Morgan fingerprint density at radius 1 is 1.43 bits per heavy atom. The Balaban J connectivity index is 0.00000264. The number of halogens is 1. The molecule has 1 aliphatic rings. The van der Waals surface area contributed by atoms with Crippen LogP contribution >= 0.6 is 12.4 Å². The zero-order valence-corrected chi connectivity index (χ0v) is 14.6. The molecular weight excluding hydrogens is 316 g/mol. The number of nitrogens with one attached hydrogen (secondary N) is 1. The number of hydrogen-bond donors (Lipinski definition) is 2. The van der Waals surface area contributed by atoms with E-state index in [4.69, 9.17) is 15.2 Å². The van der Waals surface area contributed by atoms with Crippen LogP contribution in [0.2, 0.25) is 0 Å². The molecule has 0 spiro atoms. The van der Waals surface area contributed by atoms with Crippen LogP contribution in [0.1, 0.15) is 38.3 Å². The number of ether oxygens (including phenoxy) is 2. The molecule has 0 radical (unpaired) electrons. The van der Waals surface area contributed by atoms with Gasteiger partial charge in [-0.2, -0.15) is 0 Å². The monoisotopic (exact) mass is 342 g/mol. The highest BCUT2D eigenvalue weighted by molar-refractivity contribution is 5.85. The molecule has 23 heavy (non-hydrogen) atoms. The van der Waals surface area contributed by atoms with Gasteiger partial charge in [-0.15, -0.1) is 12.4 Å². The third-order valence-electron chi connectivity index (χ3n) is 4.10. The van der Waals surface area contributed by atoms with Gasteiger partial charge < -0.3 is 20.5 Å². The summed E-state index contributed by atoms with van der Waals surface area (Å²) in [6.45, 7) is 5.92. The molecule has 0 aliphatic carbocycles. The quantitative estimate of drug-likeness (QED) is 0.832.